The fraction of sp³-hybridized carbons (Fsp3) is 1.00. The normalized spacial score (nSPS) is 12.0. The van der Waals surface area contributed by atoms with Gasteiger partial charge in [0.1, 0.15) is 0 Å². The molecule has 0 amide bonds. The van der Waals surface area contributed by atoms with Gasteiger partial charge in [0.25, 0.3) is 0 Å². The Morgan fingerprint density at radius 3 is 1.29 bits per heavy atom. The average molecular weight is 360 g/mol. The molecule has 4 heteroatoms. The Labute approximate surface area is 76.9 Å². The monoisotopic (exact) mass is 356 g/mol. The van der Waals surface area contributed by atoms with Crippen molar-refractivity contribution < 1.29 is 0 Å². The molecule has 0 atom stereocenters. The van der Waals surface area contributed by atoms with Gasteiger partial charge < -0.3 is 0 Å². The predicted molar refractivity (Wildman–Crippen MR) is 48.2 cm³/mol. The van der Waals surface area contributed by atoms with Crippen molar-refractivity contribution in [1.82, 2.24) is 0 Å². The van der Waals surface area contributed by atoms with Gasteiger partial charge in [0.05, 0.1) is 3.23 Å². The van der Waals surface area contributed by atoms with E-state index in [1.807, 2.05) is 0 Å². The summed E-state index contributed by atoms with van der Waals surface area (Å²) in [7, 11) is 0. The molecule has 0 aromatic carbocycles. The molecule has 0 nitrogen and oxygen atoms in total. The first-order valence-electron chi connectivity index (χ1n) is 1.62. The molecular formula is C3H4Br4. The highest BCUT2D eigenvalue weighted by Gasteiger charge is 2.17. The lowest BCUT2D eigenvalue weighted by Crippen LogP contribution is -2.13. The molecule has 0 N–H and O–H groups in total. The molecular weight excluding hydrogens is 356 g/mol. The maximum Gasteiger partial charge on any atom is 0.0997 e. The van der Waals surface area contributed by atoms with Gasteiger partial charge in [0, 0.05) is 10.7 Å². The Kier molecular flexibility index (Phi) is 4.91. The SMILES string of the molecule is BrCC(Br)(Br)CBr. The van der Waals surface area contributed by atoms with E-state index in [1.165, 1.54) is 0 Å². The number of hydrogen-bond acceptors (Lipinski definition) is 0. The molecule has 0 aliphatic rings. The molecule has 0 heterocycles. The minimum Gasteiger partial charge on any atom is -0.0903 e. The summed E-state index contributed by atoms with van der Waals surface area (Å²) in [6.07, 6.45) is 0. The molecule has 0 aromatic heterocycles. The van der Waals surface area contributed by atoms with Crippen molar-refractivity contribution in [3.8, 4) is 0 Å². The Bertz CT molecular complexity index is 44.9. The smallest absolute Gasteiger partial charge is 0.0903 e. The minimum absolute atomic E-state index is 0.0417. The van der Waals surface area contributed by atoms with E-state index in [0.29, 0.717) is 0 Å². The minimum atomic E-state index is 0.0417. The van der Waals surface area contributed by atoms with Crippen LogP contribution in [0.3, 0.4) is 0 Å². The molecule has 0 saturated carbocycles. The molecule has 0 aromatic rings. The Balaban J connectivity index is 3.36. The zero-order valence-electron chi connectivity index (χ0n) is 3.43. The summed E-state index contributed by atoms with van der Waals surface area (Å²) < 4.78 is 0.0417. The molecule has 0 aliphatic heterocycles. The van der Waals surface area contributed by atoms with Crippen LogP contribution in [0.15, 0.2) is 0 Å². The van der Waals surface area contributed by atoms with Crippen LogP contribution in [-0.2, 0) is 0 Å². The summed E-state index contributed by atoms with van der Waals surface area (Å²) in [6, 6.07) is 0. The van der Waals surface area contributed by atoms with Crippen LogP contribution in [0.25, 0.3) is 0 Å². The van der Waals surface area contributed by atoms with E-state index in [2.05, 4.69) is 63.7 Å². The van der Waals surface area contributed by atoms with Crippen molar-refractivity contribution in [3.63, 3.8) is 0 Å². The fourth-order valence-corrected chi connectivity index (χ4v) is 0.964. The fourth-order valence-electron chi connectivity index (χ4n) is 0.0357. The second kappa shape index (κ2) is 3.85. The summed E-state index contributed by atoms with van der Waals surface area (Å²) >= 11 is 13.4. The molecule has 0 rings (SSSR count). The van der Waals surface area contributed by atoms with Gasteiger partial charge in [-0.2, -0.15) is 0 Å². The third kappa shape index (κ3) is 4.43. The summed E-state index contributed by atoms with van der Waals surface area (Å²) in [5, 5.41) is 1.79. The Hall–Kier alpha value is 1.92. The van der Waals surface area contributed by atoms with E-state index in [0.717, 1.165) is 10.7 Å². The van der Waals surface area contributed by atoms with Gasteiger partial charge in [-0.25, -0.2) is 0 Å². The molecule has 0 aliphatic carbocycles. The highest BCUT2D eigenvalue weighted by Crippen LogP contribution is 2.29. The van der Waals surface area contributed by atoms with Gasteiger partial charge in [0.2, 0.25) is 0 Å². The van der Waals surface area contributed by atoms with Crippen molar-refractivity contribution >= 4 is 63.7 Å². The number of halogens is 4. The van der Waals surface area contributed by atoms with E-state index < -0.39 is 0 Å². The second-order valence-corrected chi connectivity index (χ2v) is 6.34. The van der Waals surface area contributed by atoms with Crippen LogP contribution >= 0.6 is 63.7 Å². The van der Waals surface area contributed by atoms with Gasteiger partial charge in [-0.15, -0.1) is 0 Å². The summed E-state index contributed by atoms with van der Waals surface area (Å²) in [5.74, 6) is 0. The number of hydrogen-bond donors (Lipinski definition) is 0. The summed E-state index contributed by atoms with van der Waals surface area (Å²) in [4.78, 5) is 0. The molecule has 0 unspecified atom stereocenters. The van der Waals surface area contributed by atoms with Crippen LogP contribution in [0.5, 0.6) is 0 Å². The van der Waals surface area contributed by atoms with Gasteiger partial charge in [0.15, 0.2) is 0 Å². The standard InChI is InChI=1S/C3H4Br4/c4-1-3(6,7)2-5/h1-2H2. The zero-order chi connectivity index (χ0) is 5.91. The molecule has 0 saturated heterocycles. The van der Waals surface area contributed by atoms with E-state index in [9.17, 15) is 0 Å². The van der Waals surface area contributed by atoms with E-state index >= 15 is 0 Å². The zero-order valence-corrected chi connectivity index (χ0v) is 9.77. The van der Waals surface area contributed by atoms with Crippen LogP contribution in [-0.4, -0.2) is 13.9 Å². The lowest BCUT2D eigenvalue weighted by atomic mass is 10.6. The maximum absolute atomic E-state index is 3.40. The first kappa shape index (κ1) is 8.92. The Morgan fingerprint density at radius 2 is 1.29 bits per heavy atom. The highest BCUT2D eigenvalue weighted by atomic mass is 79.9. The molecule has 0 fully saturated rings. The van der Waals surface area contributed by atoms with Gasteiger partial charge >= 0.3 is 0 Å². The number of rotatable bonds is 2. The van der Waals surface area contributed by atoms with Crippen molar-refractivity contribution in [1.29, 1.82) is 0 Å². The molecule has 44 valence electrons. The number of alkyl halides is 4. The molecule has 0 spiro atoms. The maximum atomic E-state index is 3.40. The van der Waals surface area contributed by atoms with Crippen LogP contribution in [0, 0.1) is 0 Å². The van der Waals surface area contributed by atoms with E-state index in [-0.39, 0.29) is 3.23 Å². The summed E-state index contributed by atoms with van der Waals surface area (Å²) in [6.45, 7) is 0. The first-order valence-corrected chi connectivity index (χ1v) is 5.45. The lowest BCUT2D eigenvalue weighted by Gasteiger charge is -2.10. The van der Waals surface area contributed by atoms with Crippen LogP contribution in [0.4, 0.5) is 0 Å². The lowest BCUT2D eigenvalue weighted by molar-refractivity contribution is 1.13. The predicted octanol–water partition coefficient (Wildman–Crippen LogP) is 3.26. The highest BCUT2D eigenvalue weighted by molar-refractivity contribution is 9.26. The van der Waals surface area contributed by atoms with Crippen LogP contribution < -0.4 is 0 Å². The van der Waals surface area contributed by atoms with E-state index in [4.69, 9.17) is 0 Å². The summed E-state index contributed by atoms with van der Waals surface area (Å²) in [5.41, 5.74) is 0. The molecule has 0 bridgehead atoms. The molecule has 0 radical (unpaired) electrons. The Morgan fingerprint density at radius 1 is 1.00 bits per heavy atom. The van der Waals surface area contributed by atoms with Crippen molar-refractivity contribution in [2.24, 2.45) is 0 Å². The quantitative estimate of drug-likeness (QED) is 0.664. The first-order chi connectivity index (χ1) is 3.12. The van der Waals surface area contributed by atoms with Crippen molar-refractivity contribution in [2.75, 3.05) is 10.7 Å². The van der Waals surface area contributed by atoms with Gasteiger partial charge in [-0.05, 0) is 0 Å². The van der Waals surface area contributed by atoms with Crippen molar-refractivity contribution in [3.05, 3.63) is 0 Å². The third-order valence-corrected chi connectivity index (χ3v) is 6.44. The van der Waals surface area contributed by atoms with Crippen LogP contribution in [0.2, 0.25) is 0 Å². The molecule has 7 heavy (non-hydrogen) atoms. The third-order valence-electron chi connectivity index (χ3n) is 0.391. The van der Waals surface area contributed by atoms with Crippen LogP contribution in [0.1, 0.15) is 0 Å². The van der Waals surface area contributed by atoms with E-state index in [1.54, 1.807) is 0 Å². The second-order valence-electron chi connectivity index (χ2n) is 1.12. The largest absolute Gasteiger partial charge is 0.0997 e. The van der Waals surface area contributed by atoms with Crippen molar-refractivity contribution in [2.45, 2.75) is 3.23 Å². The van der Waals surface area contributed by atoms with Gasteiger partial charge in [-0.1, -0.05) is 63.7 Å². The topological polar surface area (TPSA) is 0 Å². The van der Waals surface area contributed by atoms with Gasteiger partial charge in [-0.3, -0.25) is 0 Å². The average Bonchev–Trinajstić information content (AvgIpc) is 1.68.